The fourth-order valence-electron chi connectivity index (χ4n) is 4.15. The van der Waals surface area contributed by atoms with Gasteiger partial charge in [0, 0.05) is 16.8 Å². The van der Waals surface area contributed by atoms with Crippen molar-refractivity contribution in [2.24, 2.45) is 17.8 Å². The van der Waals surface area contributed by atoms with Crippen molar-refractivity contribution in [1.29, 1.82) is 0 Å². The van der Waals surface area contributed by atoms with Gasteiger partial charge >= 0.3 is 0 Å². The van der Waals surface area contributed by atoms with Gasteiger partial charge in [-0.25, -0.2) is 13.3 Å². The first kappa shape index (κ1) is 16.0. The molecule has 3 aliphatic heterocycles. The Labute approximate surface area is 147 Å². The first-order valence-electron chi connectivity index (χ1n) is 7.60. The lowest BCUT2D eigenvalue weighted by Gasteiger charge is -2.40. The molecule has 0 spiro atoms. The van der Waals surface area contributed by atoms with Gasteiger partial charge in [-0.1, -0.05) is 15.9 Å². The summed E-state index contributed by atoms with van der Waals surface area (Å²) < 4.78 is 25.4. The quantitative estimate of drug-likeness (QED) is 0.648. The number of benzene rings is 1. The minimum absolute atomic E-state index is 0.152. The van der Waals surface area contributed by atoms with Crippen LogP contribution in [0.3, 0.4) is 0 Å². The number of carbonyl (C=O) groups is 3. The van der Waals surface area contributed by atoms with Gasteiger partial charge in [-0.05, 0) is 30.7 Å². The van der Waals surface area contributed by atoms with E-state index in [-0.39, 0.29) is 18.0 Å². The molecule has 0 aromatic heterocycles. The molecule has 4 aliphatic rings. The molecule has 0 radical (unpaired) electrons. The van der Waals surface area contributed by atoms with Crippen molar-refractivity contribution in [2.75, 3.05) is 10.7 Å². The van der Waals surface area contributed by atoms with E-state index >= 15 is 0 Å². The zero-order valence-electron chi connectivity index (χ0n) is 12.7. The second-order valence-corrected chi connectivity index (χ2v) is 9.76. The molecule has 24 heavy (non-hydrogen) atoms. The van der Waals surface area contributed by atoms with Crippen LogP contribution in [0.25, 0.3) is 0 Å². The van der Waals surface area contributed by atoms with Gasteiger partial charge in [0.2, 0.25) is 11.8 Å². The van der Waals surface area contributed by atoms with E-state index in [9.17, 15) is 22.8 Å². The number of carbonyl (C=O) groups excluding carboxylic acids is 3. The number of amides is 2. The van der Waals surface area contributed by atoms with Crippen molar-refractivity contribution < 1.29 is 22.8 Å². The lowest BCUT2D eigenvalue weighted by molar-refractivity contribution is -0.135. The van der Waals surface area contributed by atoms with E-state index in [0.29, 0.717) is 5.69 Å². The zero-order chi connectivity index (χ0) is 17.4. The monoisotopic (exact) mass is 411 g/mol. The molecule has 5 rings (SSSR count). The van der Waals surface area contributed by atoms with Gasteiger partial charge in [-0.2, -0.15) is 0 Å². The van der Waals surface area contributed by atoms with Crippen molar-refractivity contribution in [2.45, 2.75) is 18.6 Å². The number of hydrogen-bond donors (Lipinski definition) is 0. The third-order valence-electron chi connectivity index (χ3n) is 5.32. The maximum Gasteiger partial charge on any atom is 0.239 e. The summed E-state index contributed by atoms with van der Waals surface area (Å²) in [5.41, 5.74) is 1.28. The molecule has 1 aromatic carbocycles. The third kappa shape index (κ3) is 1.99. The first-order chi connectivity index (χ1) is 11.2. The molecule has 126 valence electrons. The highest BCUT2D eigenvalue weighted by atomic mass is 79.9. The SMILES string of the molecule is Cc1cc(N2C(=O)[C@@H]3[C@H](C2=O)[C@@H]2CS(=O)(=O)[C@H]3CC2=O)ccc1Br. The minimum Gasteiger partial charge on any atom is -0.299 e. The van der Waals surface area contributed by atoms with Crippen molar-refractivity contribution in [1.82, 2.24) is 0 Å². The largest absolute Gasteiger partial charge is 0.299 e. The van der Waals surface area contributed by atoms with Crippen LogP contribution in [0, 0.1) is 24.7 Å². The minimum atomic E-state index is -3.52. The van der Waals surface area contributed by atoms with E-state index in [1.54, 1.807) is 18.2 Å². The number of fused-ring (bicyclic) bond motifs is 2. The van der Waals surface area contributed by atoms with E-state index in [1.165, 1.54) is 0 Å². The van der Waals surface area contributed by atoms with Gasteiger partial charge in [0.25, 0.3) is 0 Å². The summed E-state index contributed by atoms with van der Waals surface area (Å²) in [7, 11) is -3.52. The maximum atomic E-state index is 12.8. The molecule has 4 atom stereocenters. The van der Waals surface area contributed by atoms with E-state index < -0.39 is 44.7 Å². The number of hydrogen-bond acceptors (Lipinski definition) is 5. The van der Waals surface area contributed by atoms with Gasteiger partial charge in [0.1, 0.15) is 5.78 Å². The smallest absolute Gasteiger partial charge is 0.239 e. The van der Waals surface area contributed by atoms with Gasteiger partial charge < -0.3 is 0 Å². The highest BCUT2D eigenvalue weighted by Crippen LogP contribution is 2.49. The molecule has 1 saturated carbocycles. The summed E-state index contributed by atoms with van der Waals surface area (Å²) in [4.78, 5) is 38.9. The summed E-state index contributed by atoms with van der Waals surface area (Å²) in [6.07, 6.45) is -0.152. The number of aryl methyl sites for hydroxylation is 1. The van der Waals surface area contributed by atoms with Crippen molar-refractivity contribution >= 4 is 49.1 Å². The molecule has 0 unspecified atom stereocenters. The van der Waals surface area contributed by atoms with Crippen LogP contribution in [0.1, 0.15) is 12.0 Å². The summed E-state index contributed by atoms with van der Waals surface area (Å²) in [6.45, 7) is 1.84. The van der Waals surface area contributed by atoms with Crippen LogP contribution >= 0.6 is 15.9 Å². The average molecular weight is 412 g/mol. The number of anilines is 1. The normalized spacial score (nSPS) is 33.9. The van der Waals surface area contributed by atoms with E-state index in [0.717, 1.165) is 14.9 Å². The lowest BCUT2D eigenvalue weighted by Crippen LogP contribution is -2.57. The second kappa shape index (κ2) is 4.98. The van der Waals surface area contributed by atoms with Crippen molar-refractivity contribution in [3.63, 3.8) is 0 Å². The maximum absolute atomic E-state index is 12.8. The van der Waals surface area contributed by atoms with Crippen LogP contribution in [-0.4, -0.2) is 37.0 Å². The highest BCUT2D eigenvalue weighted by molar-refractivity contribution is 9.10. The molecular weight excluding hydrogens is 398 g/mol. The molecule has 6 nitrogen and oxygen atoms in total. The van der Waals surface area contributed by atoms with E-state index in [2.05, 4.69) is 15.9 Å². The number of sulfone groups is 1. The molecule has 4 fully saturated rings. The Hall–Kier alpha value is -1.54. The number of Topliss-reactive ketones (excluding diaryl/α,β-unsaturated/α-hetero) is 1. The standard InChI is InChI=1S/C16H14BrNO5S/c1-7-4-8(2-3-10(7)17)18-15(20)13-9-6-24(22,23)12(5-11(9)19)14(13)16(18)21/h2-4,9,12-14H,5-6H2,1H3/t9-,12+,13-,14+/m1/s1. The van der Waals surface area contributed by atoms with Crippen LogP contribution in [0.2, 0.25) is 0 Å². The van der Waals surface area contributed by atoms with Gasteiger partial charge in [-0.15, -0.1) is 0 Å². The Morgan fingerprint density at radius 3 is 2.46 bits per heavy atom. The van der Waals surface area contributed by atoms with Crippen LogP contribution in [0.4, 0.5) is 5.69 Å². The summed E-state index contributed by atoms with van der Waals surface area (Å²) >= 11 is 3.37. The topological polar surface area (TPSA) is 88.6 Å². The van der Waals surface area contributed by atoms with Gasteiger partial charge in [-0.3, -0.25) is 14.4 Å². The van der Waals surface area contributed by atoms with Crippen molar-refractivity contribution in [3.05, 3.63) is 28.2 Å². The Balaban J connectivity index is 1.82. The Bertz CT molecular complexity index is 909. The number of ketones is 1. The van der Waals surface area contributed by atoms with Crippen molar-refractivity contribution in [3.8, 4) is 0 Å². The van der Waals surface area contributed by atoms with Crippen LogP contribution in [0.5, 0.6) is 0 Å². The van der Waals surface area contributed by atoms with E-state index in [4.69, 9.17) is 0 Å². The molecular formula is C16H14BrNO5S. The fraction of sp³-hybridized carbons (Fsp3) is 0.438. The number of nitrogens with zero attached hydrogens (tertiary/aromatic N) is 1. The second-order valence-electron chi connectivity index (χ2n) is 6.64. The predicted octanol–water partition coefficient (Wildman–Crippen LogP) is 1.25. The van der Waals surface area contributed by atoms with Crippen LogP contribution in [-0.2, 0) is 24.2 Å². The molecule has 3 saturated heterocycles. The molecule has 1 aliphatic carbocycles. The molecule has 3 heterocycles. The highest BCUT2D eigenvalue weighted by Gasteiger charge is 2.65. The third-order valence-corrected chi connectivity index (χ3v) is 8.42. The summed E-state index contributed by atoms with van der Waals surface area (Å²) in [5.74, 6) is -4.14. The fourth-order valence-corrected chi connectivity index (χ4v) is 6.69. The molecule has 2 amide bonds. The zero-order valence-corrected chi connectivity index (χ0v) is 15.1. The van der Waals surface area contributed by atoms with Crippen LogP contribution < -0.4 is 4.90 Å². The molecule has 8 heteroatoms. The van der Waals surface area contributed by atoms with Crippen LogP contribution in [0.15, 0.2) is 22.7 Å². The summed E-state index contributed by atoms with van der Waals surface area (Å²) in [5, 5.41) is -1.06. The summed E-state index contributed by atoms with van der Waals surface area (Å²) in [6, 6.07) is 5.08. The predicted molar refractivity (Wildman–Crippen MR) is 89.0 cm³/mol. The van der Waals surface area contributed by atoms with Gasteiger partial charge in [0.05, 0.1) is 28.5 Å². The first-order valence-corrected chi connectivity index (χ1v) is 10.1. The van der Waals surface area contributed by atoms with Gasteiger partial charge in [0.15, 0.2) is 9.84 Å². The Morgan fingerprint density at radius 1 is 1.12 bits per heavy atom. The molecule has 1 aromatic rings. The number of imide groups is 1. The number of halogens is 1. The number of rotatable bonds is 1. The molecule has 0 N–H and O–H groups in total. The Morgan fingerprint density at radius 2 is 1.79 bits per heavy atom. The molecule has 2 bridgehead atoms. The lowest BCUT2D eigenvalue weighted by atomic mass is 9.72. The van der Waals surface area contributed by atoms with E-state index in [1.807, 2.05) is 6.92 Å². The average Bonchev–Trinajstić information content (AvgIpc) is 2.76. The Kier molecular flexibility index (Phi) is 3.31.